The van der Waals surface area contributed by atoms with E-state index in [9.17, 15) is 9.59 Å². The van der Waals surface area contributed by atoms with E-state index in [1.807, 2.05) is 41.1 Å². The Kier molecular flexibility index (Phi) is 7.01. The molecule has 0 radical (unpaired) electrons. The van der Waals surface area contributed by atoms with Crippen molar-refractivity contribution in [3.63, 3.8) is 0 Å². The Labute approximate surface area is 217 Å². The molecular formula is C31H32N4O2. The summed E-state index contributed by atoms with van der Waals surface area (Å²) >= 11 is 0. The number of allylic oxidation sites excluding steroid dienone is 2. The van der Waals surface area contributed by atoms with Gasteiger partial charge >= 0.3 is 0 Å². The molecule has 0 bridgehead atoms. The second-order valence-electron chi connectivity index (χ2n) is 9.91. The van der Waals surface area contributed by atoms with Crippen LogP contribution >= 0.6 is 0 Å². The molecule has 1 aliphatic heterocycles. The van der Waals surface area contributed by atoms with Crippen molar-refractivity contribution in [2.24, 2.45) is 0 Å². The van der Waals surface area contributed by atoms with Gasteiger partial charge in [0.2, 0.25) is 0 Å². The fourth-order valence-electron chi connectivity index (χ4n) is 5.01. The molecule has 0 N–H and O–H groups in total. The van der Waals surface area contributed by atoms with E-state index in [1.165, 1.54) is 11.3 Å². The van der Waals surface area contributed by atoms with Crippen molar-refractivity contribution in [3.8, 4) is 16.8 Å². The van der Waals surface area contributed by atoms with Crippen LogP contribution in [0.4, 0.5) is 0 Å². The van der Waals surface area contributed by atoms with Gasteiger partial charge in [-0.05, 0) is 68.3 Å². The van der Waals surface area contributed by atoms with Crippen molar-refractivity contribution in [3.05, 3.63) is 118 Å². The van der Waals surface area contributed by atoms with Crippen LogP contribution in [0.5, 0.6) is 0 Å². The predicted molar refractivity (Wildman–Crippen MR) is 147 cm³/mol. The van der Waals surface area contributed by atoms with E-state index in [0.29, 0.717) is 17.7 Å². The van der Waals surface area contributed by atoms with E-state index >= 15 is 0 Å². The summed E-state index contributed by atoms with van der Waals surface area (Å²) in [6, 6.07) is 17.7. The lowest BCUT2D eigenvalue weighted by atomic mass is 9.97. The number of aromatic nitrogens is 3. The van der Waals surface area contributed by atoms with Gasteiger partial charge in [0.1, 0.15) is 0 Å². The molecule has 6 heteroatoms. The summed E-state index contributed by atoms with van der Waals surface area (Å²) in [5.74, 6) is -0.00697. The smallest absolute Gasteiger partial charge is 0.258 e. The first-order valence-corrected chi connectivity index (χ1v) is 12.7. The number of rotatable bonds is 7. The molecule has 1 aliphatic rings. The lowest BCUT2D eigenvalue weighted by Gasteiger charge is -2.31. The van der Waals surface area contributed by atoms with Crippen molar-refractivity contribution in [1.82, 2.24) is 19.0 Å². The second kappa shape index (κ2) is 10.5. The first-order chi connectivity index (χ1) is 17.9. The minimum atomic E-state index is -0.00697. The van der Waals surface area contributed by atoms with Crippen LogP contribution in [0, 0.1) is 0 Å². The molecular weight excluding hydrogens is 460 g/mol. The first-order valence-electron chi connectivity index (χ1n) is 12.7. The zero-order chi connectivity index (χ0) is 25.9. The van der Waals surface area contributed by atoms with Gasteiger partial charge in [0.05, 0.1) is 11.9 Å². The van der Waals surface area contributed by atoms with Gasteiger partial charge in [-0.15, -0.1) is 0 Å². The van der Waals surface area contributed by atoms with Crippen molar-refractivity contribution in [1.29, 1.82) is 0 Å². The minimum Gasteiger partial charge on any atom is -0.318 e. The maximum atomic E-state index is 13.7. The molecule has 4 aromatic rings. The molecule has 0 aliphatic carbocycles. The average Bonchev–Trinajstić information content (AvgIpc) is 3.36. The predicted octanol–water partition coefficient (Wildman–Crippen LogP) is 5.43. The monoisotopic (exact) mass is 492 g/mol. The zero-order valence-corrected chi connectivity index (χ0v) is 21.6. The molecule has 37 heavy (non-hydrogen) atoms. The highest BCUT2D eigenvalue weighted by molar-refractivity contribution is 5.95. The Balaban J connectivity index is 1.51. The number of nitrogens with zero attached hydrogens (tertiary/aromatic N) is 4. The number of pyridine rings is 2. The summed E-state index contributed by atoms with van der Waals surface area (Å²) in [6.07, 6.45) is 8.64. The number of benzene rings is 1. The summed E-state index contributed by atoms with van der Waals surface area (Å²) < 4.78 is 4.10. The number of hydrogen-bond donors (Lipinski definition) is 0. The molecule has 0 spiro atoms. The molecule has 6 nitrogen and oxygen atoms in total. The Morgan fingerprint density at radius 3 is 2.68 bits per heavy atom. The summed E-state index contributed by atoms with van der Waals surface area (Å²) in [5, 5.41) is 0. The quantitative estimate of drug-likeness (QED) is 0.255. The highest BCUT2D eigenvalue weighted by Crippen LogP contribution is 2.26. The third-order valence-electron chi connectivity index (χ3n) is 6.95. The molecule has 0 saturated carbocycles. The number of carbonyl (C=O) groups excluding carboxylic acids is 1. The van der Waals surface area contributed by atoms with Gasteiger partial charge in [0.15, 0.2) is 5.78 Å². The molecule has 0 unspecified atom stereocenters. The number of hydrogen-bond acceptors (Lipinski definition) is 4. The van der Waals surface area contributed by atoms with E-state index in [0.717, 1.165) is 48.6 Å². The van der Waals surface area contributed by atoms with Crippen LogP contribution in [0.2, 0.25) is 0 Å². The van der Waals surface area contributed by atoms with Crippen molar-refractivity contribution >= 4 is 5.78 Å². The SMILES string of the molecule is CC(=O)c1cccc(-c2cc3c(n(CC=C(C)C)c2=O)CCN(Cc2cccn2-c2cccnc2)C3)c1. The molecule has 0 fully saturated rings. The van der Waals surface area contributed by atoms with Gasteiger partial charge in [0, 0.05) is 67.5 Å². The van der Waals surface area contributed by atoms with Crippen LogP contribution in [0.3, 0.4) is 0 Å². The van der Waals surface area contributed by atoms with E-state index in [4.69, 9.17) is 0 Å². The summed E-state index contributed by atoms with van der Waals surface area (Å²) in [4.78, 5) is 32.4. The number of ketones is 1. The molecule has 188 valence electrons. The van der Waals surface area contributed by atoms with Gasteiger partial charge in [-0.25, -0.2) is 0 Å². The van der Waals surface area contributed by atoms with E-state index in [-0.39, 0.29) is 11.3 Å². The normalized spacial score (nSPS) is 13.3. The first kappa shape index (κ1) is 24.7. The number of carbonyl (C=O) groups is 1. The highest BCUT2D eigenvalue weighted by atomic mass is 16.1. The average molecular weight is 493 g/mol. The van der Waals surface area contributed by atoms with Crippen LogP contribution in [-0.4, -0.2) is 31.3 Å². The maximum Gasteiger partial charge on any atom is 0.258 e. The summed E-state index contributed by atoms with van der Waals surface area (Å²) in [6.45, 7) is 8.63. The van der Waals surface area contributed by atoms with Gasteiger partial charge in [-0.2, -0.15) is 0 Å². The Morgan fingerprint density at radius 1 is 1.05 bits per heavy atom. The van der Waals surface area contributed by atoms with Crippen LogP contribution in [0.25, 0.3) is 16.8 Å². The van der Waals surface area contributed by atoms with Gasteiger partial charge < -0.3 is 9.13 Å². The topological polar surface area (TPSA) is 60.1 Å². The summed E-state index contributed by atoms with van der Waals surface area (Å²) in [5.41, 5.74) is 7.73. The van der Waals surface area contributed by atoms with Crippen molar-refractivity contribution in [2.45, 2.75) is 46.8 Å². The minimum absolute atomic E-state index is 0.00384. The van der Waals surface area contributed by atoms with Crippen molar-refractivity contribution in [2.75, 3.05) is 6.54 Å². The zero-order valence-electron chi connectivity index (χ0n) is 21.6. The molecule has 0 saturated heterocycles. The largest absolute Gasteiger partial charge is 0.318 e. The van der Waals surface area contributed by atoms with Gasteiger partial charge in [-0.3, -0.25) is 19.5 Å². The molecule has 0 atom stereocenters. The Morgan fingerprint density at radius 2 is 1.92 bits per heavy atom. The third-order valence-corrected chi connectivity index (χ3v) is 6.95. The third kappa shape index (κ3) is 5.25. The number of fused-ring (bicyclic) bond motifs is 1. The van der Waals surface area contributed by atoms with Crippen LogP contribution in [0.1, 0.15) is 48.1 Å². The Hall–Kier alpha value is -4.03. The highest BCUT2D eigenvalue weighted by Gasteiger charge is 2.23. The van der Waals surface area contributed by atoms with Crippen molar-refractivity contribution < 1.29 is 4.79 Å². The fourth-order valence-corrected chi connectivity index (χ4v) is 5.01. The van der Waals surface area contributed by atoms with E-state index < -0.39 is 0 Å². The molecule has 3 aromatic heterocycles. The molecule has 4 heterocycles. The number of Topliss-reactive ketones (excluding diaryl/α,β-unsaturated/α-hetero) is 1. The fraction of sp³-hybridized carbons (Fsp3) is 0.258. The molecule has 0 amide bonds. The van der Waals surface area contributed by atoms with Crippen LogP contribution in [-0.2, 0) is 26.1 Å². The second-order valence-corrected chi connectivity index (χ2v) is 9.91. The van der Waals surface area contributed by atoms with Crippen LogP contribution < -0.4 is 5.56 Å². The van der Waals surface area contributed by atoms with E-state index in [2.05, 4.69) is 58.8 Å². The summed E-state index contributed by atoms with van der Waals surface area (Å²) in [7, 11) is 0. The lowest BCUT2D eigenvalue weighted by molar-refractivity contribution is 0.101. The van der Waals surface area contributed by atoms with Gasteiger partial charge in [-0.1, -0.05) is 29.8 Å². The maximum absolute atomic E-state index is 13.7. The standard InChI is InChI=1S/C31H32N4O2/c1-22(2)11-16-35-30-12-15-33(21-28-10-6-14-34(28)27-9-5-13-32-19-27)20-26(30)18-29(31(35)37)25-8-4-7-24(17-25)23(3)36/h4-11,13-14,17-19H,12,15-16,20-21H2,1-3H3. The van der Waals surface area contributed by atoms with Crippen LogP contribution in [0.15, 0.2) is 89.6 Å². The van der Waals surface area contributed by atoms with Gasteiger partial charge in [0.25, 0.3) is 5.56 Å². The molecule has 1 aromatic carbocycles. The lowest BCUT2D eigenvalue weighted by Crippen LogP contribution is -2.36. The Bertz CT molecular complexity index is 1520. The molecule has 5 rings (SSSR count). The van der Waals surface area contributed by atoms with E-state index in [1.54, 1.807) is 19.2 Å².